The molecule has 0 amide bonds. The molecule has 12 heteroatoms. The van der Waals surface area contributed by atoms with Crippen molar-refractivity contribution in [1.82, 2.24) is 24.4 Å². The summed E-state index contributed by atoms with van der Waals surface area (Å²) in [6.07, 6.45) is 0.766. The van der Waals surface area contributed by atoms with Crippen molar-refractivity contribution in [2.24, 2.45) is 5.92 Å². The summed E-state index contributed by atoms with van der Waals surface area (Å²) in [6, 6.07) is 2.41. The highest BCUT2D eigenvalue weighted by molar-refractivity contribution is 5.89. The van der Waals surface area contributed by atoms with Gasteiger partial charge in [-0.05, 0) is 44.9 Å². The minimum Gasteiger partial charge on any atom is -0.391 e. The maximum atomic E-state index is 15.3. The second-order valence-electron chi connectivity index (χ2n) is 9.97. The SMILES string of the molecule is CC(=O)CN1CCC(Cn2cc(F)c3c(N(Cc4ccc(C(F)(F)F)cn4)C4CC4)ncnc32)C(O)C1. The van der Waals surface area contributed by atoms with E-state index >= 15 is 4.39 Å². The number of fused-ring (bicyclic) bond motifs is 1. The quantitative estimate of drug-likeness (QED) is 0.456. The lowest BCUT2D eigenvalue weighted by atomic mass is 9.93. The van der Waals surface area contributed by atoms with E-state index in [4.69, 9.17) is 0 Å². The van der Waals surface area contributed by atoms with E-state index in [0.29, 0.717) is 49.8 Å². The van der Waals surface area contributed by atoms with Crippen LogP contribution < -0.4 is 4.90 Å². The van der Waals surface area contributed by atoms with Gasteiger partial charge in [-0.3, -0.25) is 14.7 Å². The monoisotopic (exact) mass is 520 g/mol. The normalized spacial score (nSPS) is 20.9. The number of hydrogen-bond acceptors (Lipinski definition) is 7. The van der Waals surface area contributed by atoms with Crippen LogP contribution in [0.3, 0.4) is 0 Å². The number of anilines is 1. The van der Waals surface area contributed by atoms with E-state index in [1.165, 1.54) is 25.5 Å². The highest BCUT2D eigenvalue weighted by atomic mass is 19.4. The van der Waals surface area contributed by atoms with E-state index < -0.39 is 23.7 Å². The second kappa shape index (κ2) is 9.97. The summed E-state index contributed by atoms with van der Waals surface area (Å²) in [5, 5.41) is 10.9. The van der Waals surface area contributed by atoms with E-state index in [2.05, 4.69) is 15.0 Å². The van der Waals surface area contributed by atoms with Crippen molar-refractivity contribution in [2.75, 3.05) is 24.5 Å². The number of aromatic nitrogens is 4. The Morgan fingerprint density at radius 1 is 1.19 bits per heavy atom. The molecule has 5 rings (SSSR count). The second-order valence-corrected chi connectivity index (χ2v) is 9.97. The standard InChI is InChI=1S/C25H28F4N6O2/c1-15(36)9-33-7-6-16(21(37)13-33)10-34-12-20(26)22-23(34)31-14-32-24(22)35(19-4-5-19)11-18-3-2-17(8-30-18)25(27,28)29/h2-3,8,12,14,16,19,21,37H,4-7,9-11,13H2,1H3. The molecule has 3 aromatic rings. The lowest BCUT2D eigenvalue weighted by molar-refractivity contribution is -0.137. The van der Waals surface area contributed by atoms with Crippen molar-refractivity contribution in [2.45, 2.75) is 57.6 Å². The van der Waals surface area contributed by atoms with Gasteiger partial charge in [0.2, 0.25) is 0 Å². The molecule has 1 aliphatic heterocycles. The van der Waals surface area contributed by atoms with Crippen LogP contribution in [-0.2, 0) is 24.1 Å². The van der Waals surface area contributed by atoms with Gasteiger partial charge in [0.25, 0.3) is 0 Å². The molecule has 1 saturated carbocycles. The molecule has 2 fully saturated rings. The van der Waals surface area contributed by atoms with E-state index in [1.807, 2.05) is 9.80 Å². The van der Waals surface area contributed by atoms with E-state index in [9.17, 15) is 23.1 Å². The molecule has 4 heterocycles. The first-order chi connectivity index (χ1) is 17.6. The van der Waals surface area contributed by atoms with Crippen LogP contribution in [0.5, 0.6) is 0 Å². The van der Waals surface area contributed by atoms with Crippen molar-refractivity contribution in [3.05, 3.63) is 47.9 Å². The number of carbonyl (C=O) groups excluding carboxylic acids is 1. The summed E-state index contributed by atoms with van der Waals surface area (Å²) in [5.74, 6) is -0.213. The number of carbonyl (C=O) groups is 1. The predicted molar refractivity (Wildman–Crippen MR) is 127 cm³/mol. The van der Waals surface area contributed by atoms with Crippen LogP contribution in [0.2, 0.25) is 0 Å². The van der Waals surface area contributed by atoms with Crippen molar-refractivity contribution in [3.63, 3.8) is 0 Å². The molecule has 0 radical (unpaired) electrons. The molecule has 1 aliphatic carbocycles. The number of hydrogen-bond donors (Lipinski definition) is 1. The lowest BCUT2D eigenvalue weighted by Gasteiger charge is -2.35. The first kappa shape index (κ1) is 25.5. The summed E-state index contributed by atoms with van der Waals surface area (Å²) < 4.78 is 55.8. The van der Waals surface area contributed by atoms with Gasteiger partial charge in [0, 0.05) is 37.4 Å². The Labute approximate surface area is 210 Å². The minimum absolute atomic E-state index is 0.0417. The first-order valence-electron chi connectivity index (χ1n) is 12.3. The molecular weight excluding hydrogens is 492 g/mol. The van der Waals surface area contributed by atoms with Gasteiger partial charge >= 0.3 is 6.18 Å². The Morgan fingerprint density at radius 3 is 2.59 bits per heavy atom. The van der Waals surface area contributed by atoms with Gasteiger partial charge in [-0.1, -0.05) is 0 Å². The van der Waals surface area contributed by atoms with Crippen LogP contribution in [0.15, 0.2) is 30.9 Å². The van der Waals surface area contributed by atoms with Gasteiger partial charge < -0.3 is 14.6 Å². The maximum absolute atomic E-state index is 15.3. The zero-order chi connectivity index (χ0) is 26.3. The van der Waals surface area contributed by atoms with E-state index in [1.54, 1.807) is 4.57 Å². The average molecular weight is 521 g/mol. The molecule has 37 heavy (non-hydrogen) atoms. The number of aliphatic hydroxyl groups is 1. The number of ketones is 1. The number of halogens is 4. The average Bonchev–Trinajstić information content (AvgIpc) is 3.63. The van der Waals surface area contributed by atoms with Gasteiger partial charge in [0.15, 0.2) is 5.82 Å². The molecule has 1 saturated heterocycles. The van der Waals surface area contributed by atoms with Crippen molar-refractivity contribution in [1.29, 1.82) is 0 Å². The molecule has 2 atom stereocenters. The van der Waals surface area contributed by atoms with E-state index in [0.717, 1.165) is 25.1 Å². The number of piperidine rings is 1. The van der Waals surface area contributed by atoms with Gasteiger partial charge in [0.05, 0.1) is 35.8 Å². The Bertz CT molecular complexity index is 1270. The van der Waals surface area contributed by atoms with Crippen LogP contribution in [-0.4, -0.2) is 67.1 Å². The summed E-state index contributed by atoms with van der Waals surface area (Å²) in [5.41, 5.74) is -0.00470. The van der Waals surface area contributed by atoms with Crippen molar-refractivity contribution in [3.8, 4) is 0 Å². The molecule has 3 aromatic heterocycles. The topological polar surface area (TPSA) is 87.4 Å². The summed E-state index contributed by atoms with van der Waals surface area (Å²) in [7, 11) is 0. The zero-order valence-electron chi connectivity index (χ0n) is 20.3. The fraction of sp³-hybridized carbons (Fsp3) is 0.520. The van der Waals surface area contributed by atoms with Crippen molar-refractivity contribution < 1.29 is 27.5 Å². The van der Waals surface area contributed by atoms with Gasteiger partial charge in [0.1, 0.15) is 23.6 Å². The lowest BCUT2D eigenvalue weighted by Crippen LogP contribution is -2.46. The Hall–Kier alpha value is -3.12. The Morgan fingerprint density at radius 2 is 1.97 bits per heavy atom. The predicted octanol–water partition coefficient (Wildman–Crippen LogP) is 3.43. The first-order valence-corrected chi connectivity index (χ1v) is 12.3. The number of nitrogens with zero attached hydrogens (tertiary/aromatic N) is 6. The van der Waals surface area contributed by atoms with Crippen LogP contribution in [0.25, 0.3) is 11.0 Å². The maximum Gasteiger partial charge on any atom is 0.417 e. The molecule has 1 N–H and O–H groups in total. The minimum atomic E-state index is -4.47. The molecular formula is C25H28F4N6O2. The largest absolute Gasteiger partial charge is 0.417 e. The molecule has 2 aliphatic rings. The Kier molecular flexibility index (Phi) is 6.88. The fourth-order valence-corrected chi connectivity index (χ4v) is 5.01. The van der Waals surface area contributed by atoms with Crippen LogP contribution in [0.1, 0.15) is 37.4 Å². The summed E-state index contributed by atoms with van der Waals surface area (Å²) in [4.78, 5) is 27.9. The third-order valence-electron chi connectivity index (χ3n) is 7.01. The summed E-state index contributed by atoms with van der Waals surface area (Å²) >= 11 is 0. The van der Waals surface area contributed by atoms with Crippen LogP contribution in [0.4, 0.5) is 23.4 Å². The number of Topliss-reactive ketones (excluding diaryl/α,β-unsaturated/α-hetero) is 1. The van der Waals surface area contributed by atoms with Gasteiger partial charge in [-0.25, -0.2) is 14.4 Å². The number of rotatable bonds is 8. The van der Waals surface area contributed by atoms with Gasteiger partial charge in [-0.2, -0.15) is 13.2 Å². The Balaban J connectivity index is 1.38. The molecule has 2 unspecified atom stereocenters. The van der Waals surface area contributed by atoms with E-state index in [-0.39, 0.29) is 29.7 Å². The zero-order valence-corrected chi connectivity index (χ0v) is 20.3. The molecule has 0 spiro atoms. The van der Waals surface area contributed by atoms with Crippen LogP contribution >= 0.6 is 0 Å². The molecule has 0 aromatic carbocycles. The number of β-amino-alcohol motifs (C(OH)–C–C–N with tert-alkyl or cyclic N) is 1. The number of likely N-dealkylation sites (tertiary alicyclic amines) is 1. The van der Waals surface area contributed by atoms with Crippen LogP contribution in [0, 0.1) is 11.7 Å². The number of aliphatic hydroxyl groups excluding tert-OH is 1. The molecule has 0 bridgehead atoms. The number of pyridine rings is 1. The highest BCUT2D eigenvalue weighted by Crippen LogP contribution is 2.37. The highest BCUT2D eigenvalue weighted by Gasteiger charge is 2.35. The van der Waals surface area contributed by atoms with Crippen molar-refractivity contribution >= 4 is 22.6 Å². The van der Waals surface area contributed by atoms with Gasteiger partial charge in [-0.15, -0.1) is 0 Å². The summed E-state index contributed by atoms with van der Waals surface area (Å²) in [6.45, 7) is 3.40. The smallest absolute Gasteiger partial charge is 0.391 e. The third-order valence-corrected chi connectivity index (χ3v) is 7.01. The number of alkyl halides is 3. The molecule has 8 nitrogen and oxygen atoms in total. The molecule has 198 valence electrons. The third kappa shape index (κ3) is 5.59. The fourth-order valence-electron chi connectivity index (χ4n) is 5.01.